The zero-order valence-electron chi connectivity index (χ0n) is 11.2. The fourth-order valence-electron chi connectivity index (χ4n) is 3.00. The van der Waals surface area contributed by atoms with Crippen LogP contribution in [0, 0.1) is 0 Å². The van der Waals surface area contributed by atoms with Crippen molar-refractivity contribution in [2.45, 2.75) is 38.1 Å². The number of nitrogens with two attached hydrogens (primary N) is 1. The van der Waals surface area contributed by atoms with Crippen molar-refractivity contribution < 1.29 is 0 Å². The van der Waals surface area contributed by atoms with Gasteiger partial charge in [0.2, 0.25) is 0 Å². The van der Waals surface area contributed by atoms with Gasteiger partial charge in [-0.1, -0.05) is 12.8 Å². The third-order valence-electron chi connectivity index (χ3n) is 3.94. The summed E-state index contributed by atoms with van der Waals surface area (Å²) >= 11 is 0. The first-order valence-corrected chi connectivity index (χ1v) is 7.15. The van der Waals surface area contributed by atoms with Gasteiger partial charge in [0.25, 0.3) is 0 Å². The minimum atomic E-state index is 0.611. The standard InChI is InChI=1S/C14H21N5/c15-7-3-10-18(12-4-1-2-5-12)14-13-6-8-17-19(13)11-9-16-14/h6,8-9,11-12H,1-5,7,10,15H2. The summed E-state index contributed by atoms with van der Waals surface area (Å²) in [6.07, 6.45) is 11.7. The molecule has 0 aliphatic heterocycles. The average molecular weight is 259 g/mol. The lowest BCUT2D eigenvalue weighted by molar-refractivity contribution is 0.587. The van der Waals surface area contributed by atoms with E-state index in [2.05, 4.69) is 15.0 Å². The zero-order valence-corrected chi connectivity index (χ0v) is 11.2. The Balaban J connectivity index is 1.95. The Kier molecular flexibility index (Phi) is 3.64. The smallest absolute Gasteiger partial charge is 0.154 e. The molecule has 0 saturated heterocycles. The van der Waals surface area contributed by atoms with Gasteiger partial charge in [-0.3, -0.25) is 0 Å². The number of nitrogens with zero attached hydrogens (tertiary/aromatic N) is 4. The van der Waals surface area contributed by atoms with Gasteiger partial charge >= 0.3 is 0 Å². The lowest BCUT2D eigenvalue weighted by Gasteiger charge is -2.30. The molecule has 19 heavy (non-hydrogen) atoms. The summed E-state index contributed by atoms with van der Waals surface area (Å²) < 4.78 is 1.90. The molecule has 2 heterocycles. The fraction of sp³-hybridized carbons (Fsp3) is 0.571. The van der Waals surface area contributed by atoms with E-state index in [1.54, 1.807) is 0 Å². The van der Waals surface area contributed by atoms with Crippen molar-refractivity contribution in [2.75, 3.05) is 18.0 Å². The van der Waals surface area contributed by atoms with E-state index in [0.29, 0.717) is 6.04 Å². The van der Waals surface area contributed by atoms with Crippen molar-refractivity contribution in [1.82, 2.24) is 14.6 Å². The lowest BCUT2D eigenvalue weighted by Crippen LogP contribution is -2.36. The second kappa shape index (κ2) is 5.57. The normalized spacial score (nSPS) is 16.3. The third-order valence-corrected chi connectivity index (χ3v) is 3.94. The molecule has 0 aromatic carbocycles. The van der Waals surface area contributed by atoms with Gasteiger partial charge in [0.1, 0.15) is 5.52 Å². The van der Waals surface area contributed by atoms with Gasteiger partial charge in [0.05, 0.1) is 6.20 Å². The van der Waals surface area contributed by atoms with E-state index in [1.165, 1.54) is 25.7 Å². The molecule has 0 spiro atoms. The largest absolute Gasteiger partial charge is 0.352 e. The first-order chi connectivity index (χ1) is 9.40. The molecule has 1 aliphatic rings. The van der Waals surface area contributed by atoms with Crippen LogP contribution in [-0.4, -0.2) is 33.7 Å². The third kappa shape index (κ3) is 2.42. The molecule has 5 heteroatoms. The Bertz CT molecular complexity index is 529. The van der Waals surface area contributed by atoms with Gasteiger partial charge in [-0.2, -0.15) is 5.10 Å². The molecule has 0 unspecified atom stereocenters. The number of fused-ring (bicyclic) bond motifs is 1. The topological polar surface area (TPSA) is 59.5 Å². The molecule has 2 aromatic heterocycles. The SMILES string of the molecule is NCCCN(c1nccn2nccc12)C1CCCC1. The molecule has 5 nitrogen and oxygen atoms in total. The molecule has 0 atom stereocenters. The van der Waals surface area contributed by atoms with E-state index in [0.717, 1.165) is 30.8 Å². The van der Waals surface area contributed by atoms with Crippen molar-refractivity contribution in [3.63, 3.8) is 0 Å². The van der Waals surface area contributed by atoms with E-state index in [-0.39, 0.29) is 0 Å². The van der Waals surface area contributed by atoms with Crippen LogP contribution in [0.3, 0.4) is 0 Å². The van der Waals surface area contributed by atoms with Crippen molar-refractivity contribution in [2.24, 2.45) is 5.73 Å². The summed E-state index contributed by atoms with van der Waals surface area (Å²) in [7, 11) is 0. The minimum absolute atomic E-state index is 0.611. The first-order valence-electron chi connectivity index (χ1n) is 7.15. The van der Waals surface area contributed by atoms with Crippen molar-refractivity contribution in [1.29, 1.82) is 0 Å². The van der Waals surface area contributed by atoms with Crippen LogP contribution < -0.4 is 10.6 Å². The van der Waals surface area contributed by atoms with Gasteiger partial charge < -0.3 is 10.6 Å². The number of anilines is 1. The van der Waals surface area contributed by atoms with Crippen molar-refractivity contribution >= 4 is 11.3 Å². The van der Waals surface area contributed by atoms with E-state index in [1.807, 2.05) is 29.2 Å². The Hall–Kier alpha value is -1.62. The van der Waals surface area contributed by atoms with Crippen LogP contribution in [-0.2, 0) is 0 Å². The monoisotopic (exact) mass is 259 g/mol. The van der Waals surface area contributed by atoms with Crippen LogP contribution in [0.5, 0.6) is 0 Å². The maximum absolute atomic E-state index is 5.68. The van der Waals surface area contributed by atoms with E-state index in [4.69, 9.17) is 5.73 Å². The highest BCUT2D eigenvalue weighted by molar-refractivity contribution is 5.68. The summed E-state index contributed by atoms with van der Waals surface area (Å²) in [6.45, 7) is 1.71. The molecule has 102 valence electrons. The molecule has 1 saturated carbocycles. The molecule has 1 fully saturated rings. The highest BCUT2D eigenvalue weighted by atomic mass is 15.3. The van der Waals surface area contributed by atoms with Crippen LogP contribution in [0.25, 0.3) is 5.52 Å². The maximum atomic E-state index is 5.68. The zero-order chi connectivity index (χ0) is 13.1. The summed E-state index contributed by atoms with van der Waals surface area (Å²) in [6, 6.07) is 2.65. The number of hydrogen-bond acceptors (Lipinski definition) is 4. The molecule has 0 bridgehead atoms. The fourth-order valence-corrected chi connectivity index (χ4v) is 3.00. The molecule has 3 rings (SSSR count). The van der Waals surface area contributed by atoms with Crippen LogP contribution in [0.2, 0.25) is 0 Å². The molecular formula is C14H21N5. The van der Waals surface area contributed by atoms with E-state index in [9.17, 15) is 0 Å². The average Bonchev–Trinajstić information content (AvgIpc) is 3.10. The van der Waals surface area contributed by atoms with Crippen LogP contribution in [0.1, 0.15) is 32.1 Å². The summed E-state index contributed by atoms with van der Waals surface area (Å²) in [4.78, 5) is 7.04. The van der Waals surface area contributed by atoms with Crippen LogP contribution in [0.4, 0.5) is 5.82 Å². The van der Waals surface area contributed by atoms with Crippen LogP contribution >= 0.6 is 0 Å². The molecule has 2 N–H and O–H groups in total. The molecule has 2 aromatic rings. The molecular weight excluding hydrogens is 238 g/mol. The predicted octanol–water partition coefficient (Wildman–Crippen LogP) is 1.83. The van der Waals surface area contributed by atoms with Gasteiger partial charge in [-0.05, 0) is 31.9 Å². The second-order valence-corrected chi connectivity index (χ2v) is 5.19. The lowest BCUT2D eigenvalue weighted by atomic mass is 10.2. The van der Waals surface area contributed by atoms with E-state index >= 15 is 0 Å². The number of aromatic nitrogens is 3. The van der Waals surface area contributed by atoms with Crippen molar-refractivity contribution in [3.05, 3.63) is 24.7 Å². The quantitative estimate of drug-likeness (QED) is 0.890. The predicted molar refractivity (Wildman–Crippen MR) is 76.3 cm³/mol. The maximum Gasteiger partial charge on any atom is 0.154 e. The van der Waals surface area contributed by atoms with E-state index < -0.39 is 0 Å². The Morgan fingerprint density at radius 2 is 2.16 bits per heavy atom. The second-order valence-electron chi connectivity index (χ2n) is 5.19. The molecule has 0 amide bonds. The number of rotatable bonds is 5. The van der Waals surface area contributed by atoms with Crippen LogP contribution in [0.15, 0.2) is 24.7 Å². The minimum Gasteiger partial charge on any atom is -0.352 e. The number of hydrogen-bond donors (Lipinski definition) is 1. The first kappa shape index (κ1) is 12.4. The molecule has 0 radical (unpaired) electrons. The Labute approximate surface area is 113 Å². The van der Waals surface area contributed by atoms with Gasteiger partial charge in [-0.25, -0.2) is 9.50 Å². The summed E-state index contributed by atoms with van der Waals surface area (Å²) in [5.74, 6) is 1.06. The van der Waals surface area contributed by atoms with Gasteiger partial charge in [-0.15, -0.1) is 0 Å². The van der Waals surface area contributed by atoms with Gasteiger partial charge in [0.15, 0.2) is 5.82 Å². The highest BCUT2D eigenvalue weighted by Crippen LogP contribution is 2.29. The molecule has 1 aliphatic carbocycles. The highest BCUT2D eigenvalue weighted by Gasteiger charge is 2.24. The van der Waals surface area contributed by atoms with Gasteiger partial charge in [0, 0.05) is 25.0 Å². The Morgan fingerprint density at radius 3 is 2.95 bits per heavy atom. The summed E-state index contributed by atoms with van der Waals surface area (Å²) in [5.41, 5.74) is 6.77. The summed E-state index contributed by atoms with van der Waals surface area (Å²) in [5, 5.41) is 4.29. The van der Waals surface area contributed by atoms with Crippen molar-refractivity contribution in [3.8, 4) is 0 Å². The Morgan fingerprint density at radius 1 is 1.32 bits per heavy atom.